The summed E-state index contributed by atoms with van der Waals surface area (Å²) in [6, 6.07) is 19.7. The first kappa shape index (κ1) is 20.3. The molecule has 2 aromatic carbocycles. The molecule has 0 saturated carbocycles. The van der Waals surface area contributed by atoms with Gasteiger partial charge in [0.05, 0.1) is 0 Å². The van der Waals surface area contributed by atoms with Gasteiger partial charge in [-0.15, -0.1) is 0 Å². The lowest BCUT2D eigenvalue weighted by molar-refractivity contribution is -0.111. The fraction of sp³-hybridized carbons (Fsp3) is 0.0833. The van der Waals surface area contributed by atoms with E-state index in [0.717, 1.165) is 11.1 Å². The highest BCUT2D eigenvalue weighted by Gasteiger charge is 2.16. The number of hydrogen-bond donors (Lipinski definition) is 1. The van der Waals surface area contributed by atoms with E-state index in [0.29, 0.717) is 22.7 Å². The molecule has 0 aliphatic rings. The lowest BCUT2D eigenvalue weighted by Crippen LogP contribution is -2.11. The highest BCUT2D eigenvalue weighted by atomic mass is 19.3. The Bertz CT molecular complexity index is 1250. The van der Waals surface area contributed by atoms with E-state index in [1.807, 2.05) is 55.6 Å². The maximum absolute atomic E-state index is 12.7. The van der Waals surface area contributed by atoms with Crippen LogP contribution in [0.4, 0.5) is 14.6 Å². The molecule has 0 bridgehead atoms. The molecule has 2 heterocycles. The number of fused-ring (bicyclic) bond motifs is 1. The summed E-state index contributed by atoms with van der Waals surface area (Å²) in [5.41, 5.74) is 3.61. The van der Waals surface area contributed by atoms with Crippen molar-refractivity contribution in [1.82, 2.24) is 9.38 Å². The minimum Gasteiger partial charge on any atom is -0.434 e. The van der Waals surface area contributed by atoms with E-state index in [9.17, 15) is 13.6 Å². The molecular weight excluding hydrogens is 400 g/mol. The van der Waals surface area contributed by atoms with Crippen LogP contribution in [0.1, 0.15) is 11.1 Å². The first-order chi connectivity index (χ1) is 15.0. The summed E-state index contributed by atoms with van der Waals surface area (Å²) in [7, 11) is 0. The normalized spacial score (nSPS) is 11.4. The van der Waals surface area contributed by atoms with E-state index < -0.39 is 12.5 Å². The molecule has 0 aliphatic heterocycles. The van der Waals surface area contributed by atoms with E-state index >= 15 is 0 Å². The van der Waals surface area contributed by atoms with Gasteiger partial charge >= 0.3 is 6.61 Å². The van der Waals surface area contributed by atoms with Crippen LogP contribution in [0, 0.1) is 6.92 Å². The fourth-order valence-electron chi connectivity index (χ4n) is 3.21. The Labute approximate surface area is 177 Å². The SMILES string of the molecule is Cc1ccn2c(NC(=O)/C=C/c3ccccc3OC(F)F)c(-c3ccccc3)nc2c1. The lowest BCUT2D eigenvalue weighted by Gasteiger charge is -2.08. The molecular formula is C24H19F2N3O2. The number of aryl methyl sites for hydroxylation is 1. The van der Waals surface area contributed by atoms with Crippen LogP contribution in [0.3, 0.4) is 0 Å². The first-order valence-electron chi connectivity index (χ1n) is 9.58. The van der Waals surface area contributed by atoms with Crippen molar-refractivity contribution in [2.45, 2.75) is 13.5 Å². The first-order valence-corrected chi connectivity index (χ1v) is 9.58. The molecule has 0 atom stereocenters. The number of para-hydroxylation sites is 1. The number of aromatic nitrogens is 2. The van der Waals surface area contributed by atoms with Crippen LogP contribution >= 0.6 is 0 Å². The van der Waals surface area contributed by atoms with Gasteiger partial charge in [-0.05, 0) is 36.8 Å². The molecule has 156 valence electrons. The summed E-state index contributed by atoms with van der Waals surface area (Å²) < 4.78 is 31.5. The van der Waals surface area contributed by atoms with E-state index in [1.54, 1.807) is 22.6 Å². The van der Waals surface area contributed by atoms with Crippen molar-refractivity contribution in [3.8, 4) is 17.0 Å². The van der Waals surface area contributed by atoms with Gasteiger partial charge in [0.2, 0.25) is 5.91 Å². The number of nitrogens with one attached hydrogen (secondary N) is 1. The van der Waals surface area contributed by atoms with Crippen LogP contribution in [0.5, 0.6) is 5.75 Å². The number of nitrogens with zero attached hydrogens (tertiary/aromatic N) is 2. The zero-order valence-electron chi connectivity index (χ0n) is 16.6. The number of hydrogen-bond acceptors (Lipinski definition) is 3. The minimum atomic E-state index is -2.95. The number of halogens is 2. The number of imidazole rings is 1. The highest BCUT2D eigenvalue weighted by Crippen LogP contribution is 2.29. The van der Waals surface area contributed by atoms with Crippen molar-refractivity contribution in [3.05, 3.63) is 90.1 Å². The Balaban J connectivity index is 1.66. The Morgan fingerprint density at radius 1 is 1.10 bits per heavy atom. The van der Waals surface area contributed by atoms with Crippen LogP contribution in [0.25, 0.3) is 23.0 Å². The second kappa shape index (κ2) is 8.79. The molecule has 31 heavy (non-hydrogen) atoms. The summed E-state index contributed by atoms with van der Waals surface area (Å²) in [5, 5.41) is 2.87. The molecule has 2 aromatic heterocycles. The Morgan fingerprint density at radius 3 is 2.61 bits per heavy atom. The highest BCUT2D eigenvalue weighted by molar-refractivity contribution is 6.03. The van der Waals surface area contributed by atoms with Crippen LogP contribution in [0.15, 0.2) is 79.0 Å². The average molecular weight is 419 g/mol. The quantitative estimate of drug-likeness (QED) is 0.416. The summed E-state index contributed by atoms with van der Waals surface area (Å²) in [6.45, 7) is -0.977. The third-order valence-electron chi connectivity index (χ3n) is 4.62. The van der Waals surface area contributed by atoms with Gasteiger partial charge in [-0.2, -0.15) is 8.78 Å². The number of anilines is 1. The fourth-order valence-corrected chi connectivity index (χ4v) is 3.21. The van der Waals surface area contributed by atoms with Crippen LogP contribution in [-0.2, 0) is 4.79 Å². The predicted octanol–water partition coefficient (Wildman–Crippen LogP) is 5.56. The smallest absolute Gasteiger partial charge is 0.387 e. The van der Waals surface area contributed by atoms with Gasteiger partial charge in [-0.25, -0.2) is 4.98 Å². The maximum Gasteiger partial charge on any atom is 0.387 e. The Morgan fingerprint density at radius 2 is 1.84 bits per heavy atom. The second-order valence-corrected chi connectivity index (χ2v) is 6.85. The molecule has 0 saturated heterocycles. The number of benzene rings is 2. The molecule has 0 spiro atoms. The molecule has 1 N–H and O–H groups in total. The van der Waals surface area contributed by atoms with Crippen molar-refractivity contribution in [1.29, 1.82) is 0 Å². The van der Waals surface area contributed by atoms with Crippen molar-refractivity contribution >= 4 is 23.4 Å². The van der Waals surface area contributed by atoms with Gasteiger partial charge in [0.1, 0.15) is 22.9 Å². The van der Waals surface area contributed by atoms with Crippen molar-refractivity contribution in [3.63, 3.8) is 0 Å². The Hall–Kier alpha value is -4.00. The van der Waals surface area contributed by atoms with Gasteiger partial charge in [-0.3, -0.25) is 9.20 Å². The van der Waals surface area contributed by atoms with E-state index in [2.05, 4.69) is 15.0 Å². The topological polar surface area (TPSA) is 55.6 Å². The molecule has 0 fully saturated rings. The average Bonchev–Trinajstić information content (AvgIpc) is 3.10. The molecule has 4 aromatic rings. The zero-order valence-corrected chi connectivity index (χ0v) is 16.6. The van der Waals surface area contributed by atoms with E-state index in [4.69, 9.17) is 0 Å². The van der Waals surface area contributed by atoms with Crippen LogP contribution in [-0.4, -0.2) is 21.9 Å². The summed E-state index contributed by atoms with van der Waals surface area (Å²) in [6.07, 6.45) is 4.55. The van der Waals surface area contributed by atoms with E-state index in [-0.39, 0.29) is 5.75 Å². The molecule has 5 nitrogen and oxygen atoms in total. The molecule has 7 heteroatoms. The van der Waals surface area contributed by atoms with Gasteiger partial charge in [0.25, 0.3) is 0 Å². The number of carbonyl (C=O) groups excluding carboxylic acids is 1. The monoisotopic (exact) mass is 419 g/mol. The molecule has 4 rings (SSSR count). The molecule has 0 unspecified atom stereocenters. The van der Waals surface area contributed by atoms with Crippen LogP contribution in [0.2, 0.25) is 0 Å². The number of rotatable bonds is 6. The van der Waals surface area contributed by atoms with E-state index in [1.165, 1.54) is 18.2 Å². The van der Waals surface area contributed by atoms with Gasteiger partial charge in [-0.1, -0.05) is 48.5 Å². The third kappa shape index (κ3) is 4.61. The molecule has 0 aliphatic carbocycles. The number of amides is 1. The lowest BCUT2D eigenvalue weighted by atomic mass is 10.1. The standard InChI is InChI=1S/C24H19F2N3O2/c1-16-13-14-29-20(15-16)27-22(18-8-3-2-4-9-18)23(29)28-21(30)12-11-17-7-5-6-10-19(17)31-24(25)26/h2-15,24H,1H3,(H,28,30)/b12-11+. The second-order valence-electron chi connectivity index (χ2n) is 6.85. The van der Waals surface area contributed by atoms with Crippen molar-refractivity contribution in [2.75, 3.05) is 5.32 Å². The number of carbonyl (C=O) groups is 1. The molecule has 1 amide bonds. The number of ether oxygens (including phenoxy) is 1. The zero-order chi connectivity index (χ0) is 21.8. The summed E-state index contributed by atoms with van der Waals surface area (Å²) in [5.74, 6) is 0.0937. The minimum absolute atomic E-state index is 0.00296. The number of pyridine rings is 1. The van der Waals surface area contributed by atoms with Gasteiger partial charge in [0, 0.05) is 23.4 Å². The van der Waals surface area contributed by atoms with Crippen molar-refractivity contribution < 1.29 is 18.3 Å². The third-order valence-corrected chi connectivity index (χ3v) is 4.62. The molecule has 0 radical (unpaired) electrons. The predicted molar refractivity (Wildman–Crippen MR) is 116 cm³/mol. The maximum atomic E-state index is 12.7. The summed E-state index contributed by atoms with van der Waals surface area (Å²) in [4.78, 5) is 17.4. The Kier molecular flexibility index (Phi) is 5.75. The largest absolute Gasteiger partial charge is 0.434 e. The van der Waals surface area contributed by atoms with Gasteiger partial charge < -0.3 is 10.1 Å². The summed E-state index contributed by atoms with van der Waals surface area (Å²) >= 11 is 0. The van der Waals surface area contributed by atoms with Gasteiger partial charge in [0.15, 0.2) is 0 Å². The van der Waals surface area contributed by atoms with Crippen LogP contribution < -0.4 is 10.1 Å². The van der Waals surface area contributed by atoms with Crippen molar-refractivity contribution in [2.24, 2.45) is 0 Å². The number of alkyl halides is 2.